The van der Waals surface area contributed by atoms with Crippen LogP contribution in [0.1, 0.15) is 26.7 Å². The first-order valence-electron chi connectivity index (χ1n) is 5.93. The third-order valence-electron chi connectivity index (χ3n) is 3.02. The summed E-state index contributed by atoms with van der Waals surface area (Å²) in [6.45, 7) is 8.06. The SMILES string of the molecule is CCN(CC)C(=O)CN1CCC[C@@H](N)C1.Cl. The standard InChI is InChI=1S/C11H23N3O.ClH/c1-3-14(4-2)11(15)9-13-7-5-6-10(12)8-13;/h10H,3-9,12H2,1-2H3;1H/t10-;/m1./s1. The van der Waals surface area contributed by atoms with E-state index in [1.165, 1.54) is 0 Å². The average molecular weight is 250 g/mol. The van der Waals surface area contributed by atoms with Crippen LogP contribution in [0.5, 0.6) is 0 Å². The molecule has 1 saturated heterocycles. The van der Waals surface area contributed by atoms with Crippen molar-refractivity contribution >= 4 is 18.3 Å². The Hall–Kier alpha value is -0.320. The summed E-state index contributed by atoms with van der Waals surface area (Å²) in [4.78, 5) is 15.9. The fourth-order valence-electron chi connectivity index (χ4n) is 2.10. The van der Waals surface area contributed by atoms with Crippen molar-refractivity contribution < 1.29 is 4.79 Å². The first kappa shape index (κ1) is 15.7. The molecule has 0 aromatic carbocycles. The van der Waals surface area contributed by atoms with Gasteiger partial charge in [-0.3, -0.25) is 9.69 Å². The molecule has 1 fully saturated rings. The molecule has 0 aliphatic carbocycles. The normalized spacial score (nSPS) is 21.3. The Balaban J connectivity index is 0.00000225. The first-order valence-corrected chi connectivity index (χ1v) is 5.93. The van der Waals surface area contributed by atoms with E-state index < -0.39 is 0 Å². The molecule has 1 heterocycles. The summed E-state index contributed by atoms with van der Waals surface area (Å²) in [6.07, 6.45) is 2.21. The Labute approximate surface area is 105 Å². The molecule has 0 aromatic rings. The fraction of sp³-hybridized carbons (Fsp3) is 0.909. The molecular weight excluding hydrogens is 226 g/mol. The smallest absolute Gasteiger partial charge is 0.236 e. The fourth-order valence-corrected chi connectivity index (χ4v) is 2.10. The number of carbonyl (C=O) groups excluding carboxylic acids is 1. The molecule has 0 bridgehead atoms. The second-order valence-corrected chi connectivity index (χ2v) is 4.20. The first-order chi connectivity index (χ1) is 7.17. The van der Waals surface area contributed by atoms with Gasteiger partial charge in [0.05, 0.1) is 6.54 Å². The lowest BCUT2D eigenvalue weighted by Crippen LogP contribution is -2.47. The summed E-state index contributed by atoms with van der Waals surface area (Å²) in [5.41, 5.74) is 5.88. The van der Waals surface area contributed by atoms with Crippen molar-refractivity contribution in [3.63, 3.8) is 0 Å². The predicted octanol–water partition coefficient (Wildman–Crippen LogP) is 0.700. The van der Waals surface area contributed by atoms with Crippen molar-refractivity contribution in [2.24, 2.45) is 5.73 Å². The van der Waals surface area contributed by atoms with Gasteiger partial charge in [0.2, 0.25) is 5.91 Å². The summed E-state index contributed by atoms with van der Waals surface area (Å²) < 4.78 is 0. The second-order valence-electron chi connectivity index (χ2n) is 4.20. The summed E-state index contributed by atoms with van der Waals surface area (Å²) >= 11 is 0. The van der Waals surface area contributed by atoms with Gasteiger partial charge in [0.15, 0.2) is 0 Å². The van der Waals surface area contributed by atoms with Crippen LogP contribution in [0, 0.1) is 0 Å². The van der Waals surface area contributed by atoms with Crippen LogP contribution in [0.3, 0.4) is 0 Å². The van der Waals surface area contributed by atoms with Crippen molar-refractivity contribution in [3.8, 4) is 0 Å². The van der Waals surface area contributed by atoms with E-state index in [9.17, 15) is 4.79 Å². The van der Waals surface area contributed by atoms with E-state index >= 15 is 0 Å². The van der Waals surface area contributed by atoms with Crippen LogP contribution in [-0.2, 0) is 4.79 Å². The van der Waals surface area contributed by atoms with E-state index in [4.69, 9.17) is 5.73 Å². The molecule has 16 heavy (non-hydrogen) atoms. The molecular formula is C11H24ClN3O. The van der Waals surface area contributed by atoms with Crippen LogP contribution in [0.4, 0.5) is 0 Å². The summed E-state index contributed by atoms with van der Waals surface area (Å²) in [7, 11) is 0. The summed E-state index contributed by atoms with van der Waals surface area (Å²) in [6, 6.07) is 0.253. The van der Waals surface area contributed by atoms with E-state index in [2.05, 4.69) is 4.90 Å². The number of halogens is 1. The van der Waals surface area contributed by atoms with Crippen molar-refractivity contribution in [1.29, 1.82) is 0 Å². The highest BCUT2D eigenvalue weighted by Gasteiger charge is 2.20. The number of amides is 1. The number of hydrogen-bond donors (Lipinski definition) is 1. The van der Waals surface area contributed by atoms with Gasteiger partial charge in [-0.05, 0) is 33.2 Å². The monoisotopic (exact) mass is 249 g/mol. The number of rotatable bonds is 4. The molecule has 0 radical (unpaired) electrons. The largest absolute Gasteiger partial charge is 0.342 e. The number of piperidine rings is 1. The van der Waals surface area contributed by atoms with Gasteiger partial charge in [-0.2, -0.15) is 0 Å². The zero-order valence-electron chi connectivity index (χ0n) is 10.3. The zero-order chi connectivity index (χ0) is 11.3. The van der Waals surface area contributed by atoms with Gasteiger partial charge in [-0.25, -0.2) is 0 Å². The van der Waals surface area contributed by atoms with Gasteiger partial charge in [0.1, 0.15) is 0 Å². The number of hydrogen-bond acceptors (Lipinski definition) is 3. The molecule has 0 spiro atoms. The minimum Gasteiger partial charge on any atom is -0.342 e. The lowest BCUT2D eigenvalue weighted by atomic mass is 10.1. The Morgan fingerprint density at radius 1 is 1.44 bits per heavy atom. The summed E-state index contributed by atoms with van der Waals surface area (Å²) in [5, 5.41) is 0. The van der Waals surface area contributed by atoms with E-state index in [0.29, 0.717) is 6.54 Å². The molecule has 0 aromatic heterocycles. The second kappa shape index (κ2) is 7.87. The Morgan fingerprint density at radius 3 is 2.56 bits per heavy atom. The number of likely N-dealkylation sites (N-methyl/N-ethyl adjacent to an activating group) is 1. The van der Waals surface area contributed by atoms with Gasteiger partial charge in [-0.1, -0.05) is 0 Å². The Kier molecular flexibility index (Phi) is 7.72. The Bertz CT molecular complexity index is 209. The van der Waals surface area contributed by atoms with E-state index in [1.54, 1.807) is 0 Å². The lowest BCUT2D eigenvalue weighted by Gasteiger charge is -2.31. The molecule has 96 valence electrons. The molecule has 1 amide bonds. The van der Waals surface area contributed by atoms with Gasteiger partial charge in [0.25, 0.3) is 0 Å². The van der Waals surface area contributed by atoms with Crippen LogP contribution in [0.2, 0.25) is 0 Å². The quantitative estimate of drug-likeness (QED) is 0.798. The Morgan fingerprint density at radius 2 is 2.06 bits per heavy atom. The number of carbonyl (C=O) groups is 1. The summed E-state index contributed by atoms with van der Waals surface area (Å²) in [5.74, 6) is 0.231. The van der Waals surface area contributed by atoms with Gasteiger partial charge < -0.3 is 10.6 Å². The molecule has 1 rings (SSSR count). The van der Waals surface area contributed by atoms with E-state index in [0.717, 1.165) is 39.0 Å². The van der Waals surface area contributed by atoms with Gasteiger partial charge in [0, 0.05) is 25.7 Å². The van der Waals surface area contributed by atoms with Crippen molar-refractivity contribution in [3.05, 3.63) is 0 Å². The molecule has 1 atom stereocenters. The highest BCUT2D eigenvalue weighted by Crippen LogP contribution is 2.08. The maximum Gasteiger partial charge on any atom is 0.236 e. The van der Waals surface area contributed by atoms with Crippen LogP contribution >= 0.6 is 12.4 Å². The predicted molar refractivity (Wildman–Crippen MR) is 68.8 cm³/mol. The molecule has 2 N–H and O–H groups in total. The van der Waals surface area contributed by atoms with Crippen molar-refractivity contribution in [1.82, 2.24) is 9.80 Å². The third-order valence-corrected chi connectivity index (χ3v) is 3.02. The van der Waals surface area contributed by atoms with Crippen LogP contribution in [0.25, 0.3) is 0 Å². The van der Waals surface area contributed by atoms with Crippen molar-refractivity contribution in [2.45, 2.75) is 32.7 Å². The lowest BCUT2D eigenvalue weighted by molar-refractivity contribution is -0.132. The molecule has 0 unspecified atom stereocenters. The van der Waals surface area contributed by atoms with Crippen molar-refractivity contribution in [2.75, 3.05) is 32.7 Å². The topological polar surface area (TPSA) is 49.6 Å². The van der Waals surface area contributed by atoms with Crippen LogP contribution < -0.4 is 5.73 Å². The van der Waals surface area contributed by atoms with E-state index in [1.807, 2.05) is 18.7 Å². The molecule has 1 aliphatic rings. The number of nitrogens with two attached hydrogens (primary N) is 1. The maximum absolute atomic E-state index is 11.8. The number of likely N-dealkylation sites (tertiary alicyclic amines) is 1. The van der Waals surface area contributed by atoms with Crippen LogP contribution in [0.15, 0.2) is 0 Å². The third kappa shape index (κ3) is 4.68. The maximum atomic E-state index is 11.8. The molecule has 1 aliphatic heterocycles. The molecule has 4 nitrogen and oxygen atoms in total. The zero-order valence-corrected chi connectivity index (χ0v) is 11.1. The highest BCUT2D eigenvalue weighted by molar-refractivity contribution is 5.85. The van der Waals surface area contributed by atoms with Gasteiger partial charge >= 0.3 is 0 Å². The average Bonchev–Trinajstić information content (AvgIpc) is 2.19. The van der Waals surface area contributed by atoms with Gasteiger partial charge in [-0.15, -0.1) is 12.4 Å². The molecule has 5 heteroatoms. The highest BCUT2D eigenvalue weighted by atomic mass is 35.5. The minimum atomic E-state index is 0. The minimum absolute atomic E-state index is 0. The van der Waals surface area contributed by atoms with Crippen LogP contribution in [-0.4, -0.2) is 54.5 Å². The van der Waals surface area contributed by atoms with E-state index in [-0.39, 0.29) is 24.4 Å². The number of nitrogens with zero attached hydrogens (tertiary/aromatic N) is 2. The molecule has 0 saturated carbocycles.